The number of phenolic OH excluding ortho intramolecular Hbond substituents is 1. The van der Waals surface area contributed by atoms with Crippen molar-refractivity contribution < 1.29 is 33.6 Å². The molecular weight excluding hydrogens is 664 g/mol. The van der Waals surface area contributed by atoms with E-state index in [9.17, 15) is 14.7 Å². The van der Waals surface area contributed by atoms with Crippen LogP contribution in [0.25, 0.3) is 11.1 Å². The minimum Gasteiger partial charge on any atom is -0.508 e. The Kier molecular flexibility index (Phi) is 14.8. The normalized spacial score (nSPS) is 15.9. The first-order valence-electron chi connectivity index (χ1n) is 19.5. The van der Waals surface area contributed by atoms with Gasteiger partial charge in [-0.05, 0) is 147 Å². The molecule has 282 valence electrons. The van der Waals surface area contributed by atoms with Gasteiger partial charge in [-0.3, -0.25) is 9.59 Å². The average Bonchev–Trinajstić information content (AvgIpc) is 3.15. The summed E-state index contributed by atoms with van der Waals surface area (Å²) in [6.45, 7) is 10.1. The summed E-state index contributed by atoms with van der Waals surface area (Å²) in [6, 6.07) is 26.7. The summed E-state index contributed by atoms with van der Waals surface area (Å²) in [6.07, 6.45) is 9.31. The SMILES string of the molecule is CCCCOc1ccc(C)cc1-c1ccc(COc2ccc3c(c2)CCCC3CC(=O)OCC)cc1.CCOC(=O)CC1CCCc2cc(O)ccc21. The van der Waals surface area contributed by atoms with Crippen LogP contribution in [0.2, 0.25) is 0 Å². The predicted molar refractivity (Wildman–Crippen MR) is 210 cm³/mol. The molecule has 4 aromatic carbocycles. The summed E-state index contributed by atoms with van der Waals surface area (Å²) in [4.78, 5) is 23.5. The number of esters is 2. The third-order valence-electron chi connectivity index (χ3n) is 10.1. The first kappa shape index (κ1) is 39.4. The van der Waals surface area contributed by atoms with Gasteiger partial charge in [0, 0.05) is 5.56 Å². The van der Waals surface area contributed by atoms with E-state index in [4.69, 9.17) is 18.9 Å². The van der Waals surface area contributed by atoms with Crippen LogP contribution in [0, 0.1) is 6.92 Å². The molecule has 0 aliphatic heterocycles. The van der Waals surface area contributed by atoms with E-state index in [0.29, 0.717) is 38.4 Å². The van der Waals surface area contributed by atoms with Gasteiger partial charge in [0.1, 0.15) is 23.9 Å². The number of ether oxygens (including phenoxy) is 4. The smallest absolute Gasteiger partial charge is 0.306 e. The molecule has 0 saturated carbocycles. The number of fused-ring (bicyclic) bond motifs is 2. The summed E-state index contributed by atoms with van der Waals surface area (Å²) < 4.78 is 22.4. The summed E-state index contributed by atoms with van der Waals surface area (Å²) in [5, 5.41) is 9.45. The van der Waals surface area contributed by atoms with Crippen LogP contribution in [0.4, 0.5) is 0 Å². The number of phenols is 1. The monoisotopic (exact) mass is 720 g/mol. The van der Waals surface area contributed by atoms with Gasteiger partial charge in [-0.1, -0.05) is 61.4 Å². The maximum Gasteiger partial charge on any atom is 0.306 e. The molecule has 0 saturated heterocycles. The zero-order valence-corrected chi connectivity index (χ0v) is 32.0. The molecule has 2 atom stereocenters. The van der Waals surface area contributed by atoms with Crippen molar-refractivity contribution in [1.29, 1.82) is 0 Å². The number of hydrogen-bond donors (Lipinski definition) is 1. The standard InChI is InChI=1S/C32H38O4.C14H18O3/c1-4-6-18-35-31-17-10-23(3)19-30(31)25-13-11-24(12-14-25)22-36-28-15-16-29-26(20-28)8-7-9-27(29)21-32(33)34-5-2;1-2-17-14(16)9-11-5-3-4-10-8-12(15)6-7-13(10)11/h10-17,19-20,27H,4-9,18,21-22H2,1-3H3;6-8,11,15H,2-5,9H2,1H3. The van der Waals surface area contributed by atoms with Gasteiger partial charge in [-0.2, -0.15) is 0 Å². The van der Waals surface area contributed by atoms with E-state index >= 15 is 0 Å². The molecule has 0 radical (unpaired) electrons. The first-order chi connectivity index (χ1) is 25.8. The fourth-order valence-corrected chi connectivity index (χ4v) is 7.42. The number of aromatic hydroxyl groups is 1. The highest BCUT2D eigenvalue weighted by atomic mass is 16.5. The van der Waals surface area contributed by atoms with Crippen LogP contribution in [-0.4, -0.2) is 36.9 Å². The zero-order chi connectivity index (χ0) is 37.6. The van der Waals surface area contributed by atoms with Gasteiger partial charge in [0.05, 0.1) is 32.7 Å². The van der Waals surface area contributed by atoms with Crippen LogP contribution in [0.1, 0.15) is 117 Å². The Balaban J connectivity index is 0.000000265. The summed E-state index contributed by atoms with van der Waals surface area (Å²) >= 11 is 0. The number of hydrogen-bond acceptors (Lipinski definition) is 7. The molecule has 53 heavy (non-hydrogen) atoms. The number of carbonyl (C=O) groups excluding carboxylic acids is 2. The zero-order valence-electron chi connectivity index (χ0n) is 32.0. The van der Waals surface area contributed by atoms with E-state index in [1.165, 1.54) is 27.8 Å². The number of unbranched alkanes of at least 4 members (excludes halogenated alkanes) is 1. The van der Waals surface area contributed by atoms with Gasteiger partial charge in [0.25, 0.3) is 0 Å². The van der Waals surface area contributed by atoms with E-state index < -0.39 is 0 Å². The van der Waals surface area contributed by atoms with Gasteiger partial charge >= 0.3 is 11.9 Å². The topological polar surface area (TPSA) is 91.3 Å². The average molecular weight is 721 g/mol. The second kappa shape index (κ2) is 19.9. The van der Waals surface area contributed by atoms with Gasteiger partial charge in [0.15, 0.2) is 0 Å². The molecule has 4 aromatic rings. The Morgan fingerprint density at radius 3 is 1.96 bits per heavy atom. The van der Waals surface area contributed by atoms with Gasteiger partial charge in [-0.15, -0.1) is 0 Å². The van der Waals surface area contributed by atoms with Crippen LogP contribution in [0.3, 0.4) is 0 Å². The molecule has 2 aliphatic rings. The molecule has 2 aliphatic carbocycles. The summed E-state index contributed by atoms with van der Waals surface area (Å²) in [7, 11) is 0. The second-order valence-corrected chi connectivity index (χ2v) is 14.1. The lowest BCUT2D eigenvalue weighted by Gasteiger charge is -2.25. The summed E-state index contributed by atoms with van der Waals surface area (Å²) in [5.41, 5.74) is 9.54. The highest BCUT2D eigenvalue weighted by Gasteiger charge is 2.25. The Labute approximate surface area is 315 Å². The van der Waals surface area contributed by atoms with E-state index in [2.05, 4.69) is 68.4 Å². The largest absolute Gasteiger partial charge is 0.508 e. The van der Waals surface area contributed by atoms with Gasteiger partial charge in [-0.25, -0.2) is 0 Å². The Bertz CT molecular complexity index is 1790. The van der Waals surface area contributed by atoms with E-state index in [0.717, 1.165) is 86.2 Å². The molecule has 0 spiro atoms. The second-order valence-electron chi connectivity index (χ2n) is 14.1. The lowest BCUT2D eigenvalue weighted by molar-refractivity contribution is -0.144. The molecule has 0 aromatic heterocycles. The molecule has 0 amide bonds. The minimum atomic E-state index is -0.126. The Morgan fingerprint density at radius 2 is 1.34 bits per heavy atom. The number of aryl methyl sites for hydroxylation is 3. The third-order valence-corrected chi connectivity index (χ3v) is 10.1. The van der Waals surface area contributed by atoms with Crippen molar-refractivity contribution in [2.24, 2.45) is 0 Å². The van der Waals surface area contributed by atoms with Gasteiger partial charge in [0.2, 0.25) is 0 Å². The molecule has 0 heterocycles. The molecular formula is C46H56O7. The number of benzene rings is 4. The van der Waals surface area contributed by atoms with E-state index in [1.54, 1.807) is 6.07 Å². The lowest BCUT2D eigenvalue weighted by Crippen LogP contribution is -2.15. The van der Waals surface area contributed by atoms with Crippen molar-refractivity contribution >= 4 is 11.9 Å². The van der Waals surface area contributed by atoms with E-state index in [-0.39, 0.29) is 23.8 Å². The third kappa shape index (κ3) is 11.4. The highest BCUT2D eigenvalue weighted by molar-refractivity contribution is 5.72. The number of rotatable bonds is 14. The lowest BCUT2D eigenvalue weighted by atomic mass is 9.81. The van der Waals surface area contributed by atoms with Crippen molar-refractivity contribution in [2.45, 2.75) is 110 Å². The highest BCUT2D eigenvalue weighted by Crippen LogP contribution is 2.38. The van der Waals surface area contributed by atoms with Crippen LogP contribution in [0.15, 0.2) is 78.9 Å². The van der Waals surface area contributed by atoms with Crippen molar-refractivity contribution in [2.75, 3.05) is 19.8 Å². The van der Waals surface area contributed by atoms with Crippen LogP contribution in [0.5, 0.6) is 17.2 Å². The molecule has 0 fully saturated rings. The Hall–Kier alpha value is -4.78. The molecule has 0 bridgehead atoms. The van der Waals surface area contributed by atoms with Crippen molar-refractivity contribution in [3.8, 4) is 28.4 Å². The maximum absolute atomic E-state index is 12.0. The fraction of sp³-hybridized carbons (Fsp3) is 0.435. The Morgan fingerprint density at radius 1 is 0.717 bits per heavy atom. The first-order valence-corrected chi connectivity index (χ1v) is 19.5. The maximum atomic E-state index is 12.0. The van der Waals surface area contributed by atoms with Gasteiger partial charge < -0.3 is 24.1 Å². The molecule has 1 N–H and O–H groups in total. The van der Waals surface area contributed by atoms with E-state index in [1.807, 2.05) is 32.0 Å². The predicted octanol–water partition coefficient (Wildman–Crippen LogP) is 10.6. The summed E-state index contributed by atoms with van der Waals surface area (Å²) in [5.74, 6) is 2.38. The van der Waals surface area contributed by atoms with Crippen LogP contribution >= 0.6 is 0 Å². The quantitative estimate of drug-likeness (QED) is 0.102. The molecule has 2 unspecified atom stereocenters. The van der Waals surface area contributed by atoms with Crippen LogP contribution < -0.4 is 9.47 Å². The van der Waals surface area contributed by atoms with Crippen molar-refractivity contribution in [3.63, 3.8) is 0 Å². The fourth-order valence-electron chi connectivity index (χ4n) is 7.42. The molecule has 7 heteroatoms. The minimum absolute atomic E-state index is 0.107. The van der Waals surface area contributed by atoms with Crippen molar-refractivity contribution in [3.05, 3.63) is 112 Å². The van der Waals surface area contributed by atoms with Crippen LogP contribution in [-0.2, 0) is 38.5 Å². The molecule has 6 rings (SSSR count). The molecule has 7 nitrogen and oxygen atoms in total. The number of carbonyl (C=O) groups is 2. The van der Waals surface area contributed by atoms with Crippen molar-refractivity contribution in [1.82, 2.24) is 0 Å².